The molecule has 96 valence electrons. The largest absolute Gasteiger partial charge is 0.385 e. The number of benzene rings is 1. The summed E-state index contributed by atoms with van der Waals surface area (Å²) >= 11 is 1.40. The van der Waals surface area contributed by atoms with Gasteiger partial charge >= 0.3 is 0 Å². The molecule has 0 aliphatic heterocycles. The molecule has 0 bridgehead atoms. The average Bonchev–Trinajstić information content (AvgIpc) is 2.88. The van der Waals surface area contributed by atoms with Crippen LogP contribution in [0.15, 0.2) is 30.3 Å². The minimum atomic E-state index is 0.792. The molecule has 2 rings (SSSR count). The van der Waals surface area contributed by atoms with Crippen molar-refractivity contribution in [3.63, 3.8) is 0 Å². The summed E-state index contributed by atoms with van der Waals surface area (Å²) in [6.07, 6.45) is 2.14. The van der Waals surface area contributed by atoms with Crippen LogP contribution in [0.1, 0.15) is 12.8 Å². The van der Waals surface area contributed by atoms with Crippen molar-refractivity contribution >= 4 is 16.7 Å². The van der Waals surface area contributed by atoms with Gasteiger partial charge in [0.25, 0.3) is 0 Å². The molecule has 1 aromatic heterocycles. The first-order valence-electron chi connectivity index (χ1n) is 6.02. The van der Waals surface area contributed by atoms with Crippen molar-refractivity contribution < 1.29 is 4.74 Å². The molecule has 0 aliphatic rings. The smallest absolute Gasteiger partial charge is 0.202 e. The number of methoxy groups -OCH3 is 1. The Morgan fingerprint density at radius 2 is 2.06 bits per heavy atom. The van der Waals surface area contributed by atoms with Gasteiger partial charge in [-0.05, 0) is 12.8 Å². The normalized spacial score (nSPS) is 10.5. The van der Waals surface area contributed by atoms with Crippen LogP contribution in [-0.4, -0.2) is 29.6 Å². The highest BCUT2D eigenvalue weighted by Gasteiger charge is 2.04. The van der Waals surface area contributed by atoms with E-state index >= 15 is 0 Å². The maximum atomic E-state index is 5.00. The van der Waals surface area contributed by atoms with Gasteiger partial charge in [0, 0.05) is 37.4 Å². The summed E-state index contributed by atoms with van der Waals surface area (Å²) in [5.74, 6) is 0.792. The van der Waals surface area contributed by atoms with E-state index < -0.39 is 0 Å². The molecule has 18 heavy (non-hydrogen) atoms. The van der Waals surface area contributed by atoms with Crippen LogP contribution in [-0.2, 0) is 4.74 Å². The van der Waals surface area contributed by atoms with Gasteiger partial charge in [-0.3, -0.25) is 0 Å². The fourth-order valence-corrected chi connectivity index (χ4v) is 2.18. The first kappa shape index (κ1) is 13.0. The van der Waals surface area contributed by atoms with E-state index in [1.165, 1.54) is 11.5 Å². The number of hydrogen-bond donors (Lipinski definition) is 1. The predicted octanol–water partition coefficient (Wildman–Crippen LogP) is 3.04. The van der Waals surface area contributed by atoms with E-state index in [2.05, 4.69) is 14.7 Å². The molecule has 0 atom stereocenters. The van der Waals surface area contributed by atoms with Crippen LogP contribution >= 0.6 is 11.5 Å². The fourth-order valence-electron chi connectivity index (χ4n) is 1.57. The standard InChI is InChI=1S/C13H17N3OS/c1-17-10-6-5-9-14-13-15-12(16-18-13)11-7-3-2-4-8-11/h2-4,7-8H,5-6,9-10H2,1H3,(H,14,15,16). The third-order valence-electron chi connectivity index (χ3n) is 2.51. The van der Waals surface area contributed by atoms with Gasteiger partial charge in [0.1, 0.15) is 0 Å². The quantitative estimate of drug-likeness (QED) is 0.780. The van der Waals surface area contributed by atoms with Gasteiger partial charge in [0.2, 0.25) is 5.13 Å². The SMILES string of the molecule is COCCCCNc1nc(-c2ccccc2)ns1. The summed E-state index contributed by atoms with van der Waals surface area (Å²) < 4.78 is 9.35. The molecule has 0 aliphatic carbocycles. The van der Waals surface area contributed by atoms with Crippen LogP contribution in [0.5, 0.6) is 0 Å². The fraction of sp³-hybridized carbons (Fsp3) is 0.385. The first-order valence-corrected chi connectivity index (χ1v) is 6.79. The second-order valence-electron chi connectivity index (χ2n) is 3.92. The van der Waals surface area contributed by atoms with E-state index in [0.29, 0.717) is 0 Å². The summed E-state index contributed by atoms with van der Waals surface area (Å²) in [4.78, 5) is 4.46. The van der Waals surface area contributed by atoms with Gasteiger partial charge in [-0.15, -0.1) is 0 Å². The van der Waals surface area contributed by atoms with E-state index in [-0.39, 0.29) is 0 Å². The Labute approximate surface area is 111 Å². The number of rotatable bonds is 7. The summed E-state index contributed by atoms with van der Waals surface area (Å²) in [6.45, 7) is 1.72. The summed E-state index contributed by atoms with van der Waals surface area (Å²) in [7, 11) is 1.73. The Hall–Kier alpha value is -1.46. The lowest BCUT2D eigenvalue weighted by molar-refractivity contribution is 0.194. The topological polar surface area (TPSA) is 47.0 Å². The molecule has 4 nitrogen and oxygen atoms in total. The van der Waals surface area contributed by atoms with Crippen molar-refractivity contribution in [2.24, 2.45) is 0 Å². The number of hydrogen-bond acceptors (Lipinski definition) is 5. The highest BCUT2D eigenvalue weighted by Crippen LogP contribution is 2.20. The summed E-state index contributed by atoms with van der Waals surface area (Å²) in [6, 6.07) is 10.0. The van der Waals surface area contributed by atoms with E-state index in [1.807, 2.05) is 30.3 Å². The van der Waals surface area contributed by atoms with E-state index in [0.717, 1.165) is 42.5 Å². The van der Waals surface area contributed by atoms with Crippen LogP contribution in [0.2, 0.25) is 0 Å². The Morgan fingerprint density at radius 1 is 1.22 bits per heavy atom. The molecule has 0 unspecified atom stereocenters. The number of unbranched alkanes of at least 4 members (excludes halogenated alkanes) is 1. The van der Waals surface area contributed by atoms with Crippen LogP contribution in [0.25, 0.3) is 11.4 Å². The molecule has 0 radical (unpaired) electrons. The maximum absolute atomic E-state index is 5.00. The van der Waals surface area contributed by atoms with Gasteiger partial charge in [-0.25, -0.2) is 0 Å². The van der Waals surface area contributed by atoms with Gasteiger partial charge in [-0.1, -0.05) is 30.3 Å². The van der Waals surface area contributed by atoms with Gasteiger partial charge in [0.05, 0.1) is 0 Å². The maximum Gasteiger partial charge on any atom is 0.202 e. The van der Waals surface area contributed by atoms with Crippen LogP contribution in [0.3, 0.4) is 0 Å². The van der Waals surface area contributed by atoms with Gasteiger partial charge < -0.3 is 10.1 Å². The van der Waals surface area contributed by atoms with Gasteiger partial charge in [-0.2, -0.15) is 9.36 Å². The Balaban J connectivity index is 1.83. The molecule has 1 aromatic carbocycles. The zero-order chi connectivity index (χ0) is 12.6. The second-order valence-corrected chi connectivity index (χ2v) is 4.67. The number of nitrogens with one attached hydrogen (secondary N) is 1. The molecule has 5 heteroatoms. The molecule has 1 heterocycles. The zero-order valence-electron chi connectivity index (χ0n) is 10.4. The Kier molecular flexibility index (Phi) is 5.11. The van der Waals surface area contributed by atoms with Crippen LogP contribution in [0.4, 0.5) is 5.13 Å². The lowest BCUT2D eigenvalue weighted by atomic mass is 10.2. The molecular weight excluding hydrogens is 246 g/mol. The summed E-state index contributed by atoms with van der Waals surface area (Å²) in [5.41, 5.74) is 1.06. The van der Waals surface area contributed by atoms with Crippen molar-refractivity contribution in [2.75, 3.05) is 25.6 Å². The minimum absolute atomic E-state index is 0.792. The average molecular weight is 263 g/mol. The third-order valence-corrected chi connectivity index (χ3v) is 3.18. The lowest BCUT2D eigenvalue weighted by Gasteiger charge is -2.01. The molecule has 1 N–H and O–H groups in total. The van der Waals surface area contributed by atoms with Crippen molar-refractivity contribution in [2.45, 2.75) is 12.8 Å². The zero-order valence-corrected chi connectivity index (χ0v) is 11.2. The molecular formula is C13H17N3OS. The first-order chi connectivity index (χ1) is 8.90. The molecule has 2 aromatic rings. The van der Waals surface area contributed by atoms with E-state index in [9.17, 15) is 0 Å². The summed E-state index contributed by atoms with van der Waals surface area (Å²) in [5, 5.41) is 4.16. The number of ether oxygens (including phenoxy) is 1. The highest BCUT2D eigenvalue weighted by atomic mass is 32.1. The molecule has 0 saturated heterocycles. The third kappa shape index (κ3) is 3.78. The lowest BCUT2D eigenvalue weighted by Crippen LogP contribution is -2.02. The second kappa shape index (κ2) is 7.08. The van der Waals surface area contributed by atoms with E-state index in [4.69, 9.17) is 4.74 Å². The van der Waals surface area contributed by atoms with Gasteiger partial charge in [0.15, 0.2) is 5.82 Å². The van der Waals surface area contributed by atoms with Crippen LogP contribution in [0, 0.1) is 0 Å². The Morgan fingerprint density at radius 3 is 2.83 bits per heavy atom. The van der Waals surface area contributed by atoms with Crippen molar-refractivity contribution in [3.8, 4) is 11.4 Å². The van der Waals surface area contributed by atoms with E-state index in [1.54, 1.807) is 7.11 Å². The van der Waals surface area contributed by atoms with Crippen molar-refractivity contribution in [1.82, 2.24) is 9.36 Å². The monoisotopic (exact) mass is 263 g/mol. The molecule has 0 saturated carbocycles. The van der Waals surface area contributed by atoms with Crippen LogP contribution < -0.4 is 5.32 Å². The predicted molar refractivity (Wildman–Crippen MR) is 74.9 cm³/mol. The number of nitrogens with zero attached hydrogens (tertiary/aromatic N) is 2. The Bertz CT molecular complexity index is 458. The number of aromatic nitrogens is 2. The van der Waals surface area contributed by atoms with Crippen molar-refractivity contribution in [1.29, 1.82) is 0 Å². The minimum Gasteiger partial charge on any atom is -0.385 e. The highest BCUT2D eigenvalue weighted by molar-refractivity contribution is 7.09. The molecule has 0 amide bonds. The van der Waals surface area contributed by atoms with Crippen molar-refractivity contribution in [3.05, 3.63) is 30.3 Å². The number of anilines is 1. The molecule has 0 spiro atoms. The molecule has 0 fully saturated rings.